The van der Waals surface area contributed by atoms with Gasteiger partial charge in [0.1, 0.15) is 24.1 Å². The van der Waals surface area contributed by atoms with E-state index in [1.807, 2.05) is 0 Å². The predicted molar refractivity (Wildman–Crippen MR) is 74.9 cm³/mol. The van der Waals surface area contributed by atoms with Crippen LogP contribution < -0.4 is 11.4 Å². The fourth-order valence-electron chi connectivity index (χ4n) is 2.15. The van der Waals surface area contributed by atoms with Crippen LogP contribution in [0, 0.1) is 0 Å². The van der Waals surface area contributed by atoms with Crippen LogP contribution in [0.15, 0.2) is 22.2 Å². The Morgan fingerprint density at radius 2 is 2.25 bits per heavy atom. The minimum atomic E-state index is -4.88. The number of azide groups is 1. The molecule has 0 spiro atoms. The maximum atomic E-state index is 11.9. The molecule has 1 aromatic rings. The molecule has 1 aliphatic rings. The molecule has 1 fully saturated rings. The van der Waals surface area contributed by atoms with Crippen molar-refractivity contribution >= 4 is 13.6 Å². The number of rotatable bonds is 5. The summed E-state index contributed by atoms with van der Waals surface area (Å²) >= 11 is 0. The van der Waals surface area contributed by atoms with Gasteiger partial charge in [-0.1, -0.05) is 0 Å². The lowest BCUT2D eigenvalue weighted by molar-refractivity contribution is -0.144. The molecule has 132 valence electrons. The van der Waals surface area contributed by atoms with Crippen molar-refractivity contribution in [3.05, 3.63) is 33.2 Å². The van der Waals surface area contributed by atoms with Crippen molar-refractivity contribution in [2.45, 2.75) is 24.2 Å². The first kappa shape index (κ1) is 18.3. The highest BCUT2D eigenvalue weighted by Gasteiger charge is 2.56. The summed E-state index contributed by atoms with van der Waals surface area (Å²) in [4.78, 5) is 35.2. The van der Waals surface area contributed by atoms with E-state index in [1.165, 1.54) is 0 Å². The molecular weight excluding hydrogens is 351 g/mol. The molecule has 2 rings (SSSR count). The van der Waals surface area contributed by atoms with Crippen LogP contribution in [0.2, 0.25) is 0 Å². The normalized spacial score (nSPS) is 30.1. The van der Waals surface area contributed by atoms with E-state index in [2.05, 4.69) is 19.5 Å². The first-order valence-electron chi connectivity index (χ1n) is 6.26. The van der Waals surface area contributed by atoms with E-state index in [-0.39, 0.29) is 5.82 Å². The van der Waals surface area contributed by atoms with Crippen LogP contribution in [-0.2, 0) is 19.7 Å². The number of nitrogen functional groups attached to an aromatic ring is 1. The highest BCUT2D eigenvalue weighted by molar-refractivity contribution is 7.46. The van der Waals surface area contributed by atoms with Gasteiger partial charge in [-0.3, -0.25) is 9.09 Å². The molecule has 0 saturated carbocycles. The summed E-state index contributed by atoms with van der Waals surface area (Å²) < 4.78 is 20.7. The van der Waals surface area contributed by atoms with Crippen molar-refractivity contribution in [2.75, 3.05) is 12.3 Å². The number of aliphatic hydroxyl groups is 2. The molecule has 4 atom stereocenters. The molecule has 15 heteroatoms. The molecule has 0 amide bonds. The molecular formula is C9H13N6O8P. The van der Waals surface area contributed by atoms with E-state index in [9.17, 15) is 19.6 Å². The van der Waals surface area contributed by atoms with Crippen LogP contribution in [0.5, 0.6) is 0 Å². The Morgan fingerprint density at radius 1 is 1.58 bits per heavy atom. The smallest absolute Gasteiger partial charge is 0.387 e. The number of nitrogens with two attached hydrogens (primary N) is 1. The SMILES string of the molecule is [N-]=[N+]=N[C@@]1(n2ccc(N)nc2=O)O[C@H](COP(=O)(O)O)[C@@H](O)[C@H]1O. The first-order valence-corrected chi connectivity index (χ1v) is 7.79. The number of hydrogen-bond acceptors (Lipinski definition) is 9. The molecule has 6 N–H and O–H groups in total. The molecule has 0 aromatic carbocycles. The summed E-state index contributed by atoms with van der Waals surface area (Å²) in [6, 6.07) is 1.15. The van der Waals surface area contributed by atoms with Crippen molar-refractivity contribution in [1.29, 1.82) is 0 Å². The Balaban J connectivity index is 2.44. The van der Waals surface area contributed by atoms with Crippen LogP contribution >= 0.6 is 7.82 Å². The summed E-state index contributed by atoms with van der Waals surface area (Å²) in [5, 5.41) is 23.4. The number of hydrogen-bond donors (Lipinski definition) is 5. The number of aromatic nitrogens is 2. The number of phosphoric ester groups is 1. The fourth-order valence-corrected chi connectivity index (χ4v) is 2.49. The largest absolute Gasteiger partial charge is 0.469 e. The topological polar surface area (TPSA) is 226 Å². The van der Waals surface area contributed by atoms with Gasteiger partial charge in [0.25, 0.3) is 5.85 Å². The monoisotopic (exact) mass is 364 g/mol. The zero-order valence-corrected chi connectivity index (χ0v) is 12.7. The minimum Gasteiger partial charge on any atom is -0.387 e. The third kappa shape index (κ3) is 3.40. The molecule has 1 saturated heterocycles. The predicted octanol–water partition coefficient (Wildman–Crippen LogP) is -2.02. The van der Waals surface area contributed by atoms with E-state index in [4.69, 9.17) is 25.8 Å². The van der Waals surface area contributed by atoms with E-state index < -0.39 is 44.3 Å². The third-order valence-electron chi connectivity index (χ3n) is 3.18. The molecule has 1 aromatic heterocycles. The molecule has 0 aliphatic carbocycles. The summed E-state index contributed by atoms with van der Waals surface area (Å²) in [5.41, 5.74) is 13.0. The van der Waals surface area contributed by atoms with Crippen molar-refractivity contribution in [2.24, 2.45) is 5.11 Å². The van der Waals surface area contributed by atoms with Crippen LogP contribution in [0.4, 0.5) is 5.82 Å². The fraction of sp³-hybridized carbons (Fsp3) is 0.556. The van der Waals surface area contributed by atoms with Crippen molar-refractivity contribution in [3.8, 4) is 0 Å². The Labute approximate surface area is 132 Å². The average molecular weight is 364 g/mol. The van der Waals surface area contributed by atoms with Crippen LogP contribution in [-0.4, -0.2) is 54.5 Å². The Kier molecular flexibility index (Phi) is 4.94. The summed E-state index contributed by atoms with van der Waals surface area (Å²) in [6.45, 7) is -0.845. The van der Waals surface area contributed by atoms with Gasteiger partial charge in [0.2, 0.25) is 0 Å². The number of aliphatic hydroxyl groups excluding tert-OH is 2. The molecule has 0 unspecified atom stereocenters. The quantitative estimate of drug-likeness (QED) is 0.167. The lowest BCUT2D eigenvalue weighted by Gasteiger charge is -2.28. The van der Waals surface area contributed by atoms with E-state index in [0.29, 0.717) is 4.57 Å². The molecule has 0 radical (unpaired) electrons. The van der Waals surface area contributed by atoms with Gasteiger partial charge in [-0.25, -0.2) is 9.36 Å². The summed E-state index contributed by atoms with van der Waals surface area (Å²) in [6.07, 6.45) is -4.24. The number of anilines is 1. The second-order valence-electron chi connectivity index (χ2n) is 4.73. The van der Waals surface area contributed by atoms with Crippen molar-refractivity contribution in [1.82, 2.24) is 9.55 Å². The molecule has 14 nitrogen and oxygen atoms in total. The molecule has 0 bridgehead atoms. The van der Waals surface area contributed by atoms with Gasteiger partial charge in [-0.15, -0.1) is 0 Å². The number of phosphoric acid groups is 1. The zero-order valence-electron chi connectivity index (χ0n) is 11.8. The van der Waals surface area contributed by atoms with Crippen molar-refractivity contribution in [3.63, 3.8) is 0 Å². The van der Waals surface area contributed by atoms with Crippen LogP contribution in [0.25, 0.3) is 10.4 Å². The Hall–Kier alpha value is -2.02. The molecule has 1 aliphatic heterocycles. The van der Waals surface area contributed by atoms with Gasteiger partial charge >= 0.3 is 13.5 Å². The Morgan fingerprint density at radius 3 is 2.79 bits per heavy atom. The summed E-state index contributed by atoms with van der Waals surface area (Å²) in [7, 11) is -4.88. The maximum Gasteiger partial charge on any atom is 0.469 e. The third-order valence-corrected chi connectivity index (χ3v) is 3.67. The minimum absolute atomic E-state index is 0.151. The van der Waals surface area contributed by atoms with Gasteiger partial charge in [0.15, 0.2) is 0 Å². The van der Waals surface area contributed by atoms with E-state index in [1.54, 1.807) is 0 Å². The highest BCUT2D eigenvalue weighted by Crippen LogP contribution is 2.40. The lowest BCUT2D eigenvalue weighted by Crippen LogP contribution is -2.49. The molecule has 2 heterocycles. The van der Waals surface area contributed by atoms with Gasteiger partial charge in [-0.2, -0.15) is 4.98 Å². The molecule has 24 heavy (non-hydrogen) atoms. The first-order chi connectivity index (χ1) is 11.1. The van der Waals surface area contributed by atoms with Gasteiger partial charge < -0.3 is 30.5 Å². The number of ether oxygens (including phenoxy) is 1. The standard InChI is InChI=1S/C9H13N6O8P/c10-5-1-2-15(8(18)12-5)9(13-14-11)7(17)6(16)4(23-9)3-22-24(19,20)21/h1-2,4,6-7,16-17H,3H2,(H2,10,12,18)(H2,19,20,21)/t4-,6-,7-,9+/m1/s1. The second-order valence-corrected chi connectivity index (χ2v) is 5.97. The van der Waals surface area contributed by atoms with E-state index in [0.717, 1.165) is 12.3 Å². The van der Waals surface area contributed by atoms with Crippen LogP contribution in [0.1, 0.15) is 0 Å². The maximum absolute atomic E-state index is 11.9. The van der Waals surface area contributed by atoms with Gasteiger partial charge in [0.05, 0.1) is 6.61 Å². The van der Waals surface area contributed by atoms with Gasteiger partial charge in [0, 0.05) is 11.1 Å². The van der Waals surface area contributed by atoms with Crippen molar-refractivity contribution < 1.29 is 33.8 Å². The summed E-state index contributed by atoms with van der Waals surface area (Å²) in [5.74, 6) is -2.59. The number of nitrogens with zero attached hydrogens (tertiary/aromatic N) is 5. The second kappa shape index (κ2) is 6.47. The Bertz CT molecular complexity index is 774. The van der Waals surface area contributed by atoms with E-state index >= 15 is 0 Å². The van der Waals surface area contributed by atoms with Gasteiger partial charge in [-0.05, 0) is 16.7 Å². The highest BCUT2D eigenvalue weighted by atomic mass is 31.2. The van der Waals surface area contributed by atoms with Crippen LogP contribution in [0.3, 0.4) is 0 Å². The lowest BCUT2D eigenvalue weighted by atomic mass is 10.1. The zero-order chi connectivity index (χ0) is 18.1. The average Bonchev–Trinajstić information content (AvgIpc) is 2.70.